The average Bonchev–Trinajstić information content (AvgIpc) is 2.13. The third-order valence-corrected chi connectivity index (χ3v) is 2.02. The quantitative estimate of drug-likeness (QED) is 0.284. The third kappa shape index (κ3) is 1.45. The zero-order valence-electron chi connectivity index (χ0n) is 6.10. The van der Waals surface area contributed by atoms with Gasteiger partial charge in [-0.25, -0.2) is 22.0 Å². The molecule has 0 aromatic heterocycles. The normalized spacial score (nSPS) is 10.6. The maximum atomic E-state index is 12.7. The highest BCUT2D eigenvalue weighted by atomic mass is 28.1. The van der Waals surface area contributed by atoms with Gasteiger partial charge in [0.05, 0.1) is 10.2 Å². The Morgan fingerprint density at radius 2 is 1.31 bits per heavy atom. The molecule has 0 unspecified atom stereocenters. The molecule has 0 spiro atoms. The molecular formula is C7H2F5Si. The van der Waals surface area contributed by atoms with Gasteiger partial charge in [0.1, 0.15) is 6.67 Å². The van der Waals surface area contributed by atoms with Crippen molar-refractivity contribution in [1.29, 1.82) is 0 Å². The molecule has 0 aliphatic rings. The van der Waals surface area contributed by atoms with Gasteiger partial charge < -0.3 is 0 Å². The van der Waals surface area contributed by atoms with Crippen LogP contribution >= 0.6 is 0 Å². The predicted octanol–water partition coefficient (Wildman–Crippen LogP) is 1.51. The molecule has 0 heterocycles. The minimum atomic E-state index is -2.01. The number of alkyl halides is 1. The fraction of sp³-hybridized carbons (Fsp3) is 0.143. The molecule has 0 nitrogen and oxygen atoms in total. The lowest BCUT2D eigenvalue weighted by molar-refractivity contribution is 0.392. The van der Waals surface area contributed by atoms with Gasteiger partial charge in [-0.1, -0.05) is 0 Å². The van der Waals surface area contributed by atoms with Gasteiger partial charge >= 0.3 is 0 Å². The summed E-state index contributed by atoms with van der Waals surface area (Å²) in [5.41, 5.74) is -0.868. The predicted molar refractivity (Wildman–Crippen MR) is 36.5 cm³/mol. The van der Waals surface area contributed by atoms with E-state index in [0.717, 1.165) is 0 Å². The highest BCUT2D eigenvalue weighted by Gasteiger charge is 2.22. The van der Waals surface area contributed by atoms with Gasteiger partial charge in [0.15, 0.2) is 23.3 Å². The maximum Gasteiger partial charge on any atom is 0.197 e. The number of hydrogen-bond donors (Lipinski definition) is 0. The molecule has 0 aliphatic heterocycles. The van der Waals surface area contributed by atoms with E-state index in [1.165, 1.54) is 0 Å². The van der Waals surface area contributed by atoms with Crippen LogP contribution in [0.15, 0.2) is 0 Å². The van der Waals surface area contributed by atoms with Crippen LogP contribution < -0.4 is 5.19 Å². The molecule has 13 heavy (non-hydrogen) atoms. The molecule has 0 amide bonds. The fourth-order valence-corrected chi connectivity index (χ4v) is 1.09. The van der Waals surface area contributed by atoms with Crippen LogP contribution in [0.3, 0.4) is 0 Å². The molecule has 0 fully saturated rings. The van der Waals surface area contributed by atoms with Crippen LogP contribution in [0.5, 0.6) is 0 Å². The van der Waals surface area contributed by atoms with Crippen molar-refractivity contribution >= 4 is 15.4 Å². The SMILES string of the molecule is FCc1c(F)c(F)c(F)c(F)c1[Si]. The van der Waals surface area contributed by atoms with E-state index in [1.807, 2.05) is 0 Å². The molecule has 6 heteroatoms. The second-order valence-electron chi connectivity index (χ2n) is 2.24. The minimum Gasteiger partial charge on any atom is -0.246 e. The minimum absolute atomic E-state index is 0.737. The first kappa shape index (κ1) is 10.2. The van der Waals surface area contributed by atoms with E-state index in [9.17, 15) is 22.0 Å². The Kier molecular flexibility index (Phi) is 2.70. The summed E-state index contributed by atoms with van der Waals surface area (Å²) in [5.74, 6) is -7.32. The summed E-state index contributed by atoms with van der Waals surface area (Å²) in [4.78, 5) is 0. The summed E-state index contributed by atoms with van der Waals surface area (Å²) >= 11 is 0. The molecule has 0 saturated heterocycles. The molecule has 3 radical (unpaired) electrons. The lowest BCUT2D eigenvalue weighted by atomic mass is 10.2. The maximum absolute atomic E-state index is 12.7. The van der Waals surface area contributed by atoms with Crippen LogP contribution in [0.1, 0.15) is 5.56 Å². The highest BCUT2D eigenvalue weighted by Crippen LogP contribution is 2.16. The zero-order chi connectivity index (χ0) is 10.2. The van der Waals surface area contributed by atoms with Crippen molar-refractivity contribution in [2.75, 3.05) is 0 Å². The first-order chi connectivity index (χ1) is 6.00. The standard InChI is InChI=1S/C7H2F5Si/c8-1-2-3(9)4(10)5(11)6(12)7(2)13/h1H2. The third-order valence-electron chi connectivity index (χ3n) is 1.50. The fourth-order valence-electron chi connectivity index (χ4n) is 0.803. The molecule has 1 rings (SSSR count). The lowest BCUT2D eigenvalue weighted by Gasteiger charge is -2.06. The van der Waals surface area contributed by atoms with E-state index < -0.39 is 40.7 Å². The van der Waals surface area contributed by atoms with E-state index in [2.05, 4.69) is 10.2 Å². The Labute approximate surface area is 73.8 Å². The topological polar surface area (TPSA) is 0 Å². The van der Waals surface area contributed by atoms with Crippen LogP contribution in [-0.4, -0.2) is 10.2 Å². The van der Waals surface area contributed by atoms with E-state index in [4.69, 9.17) is 0 Å². The first-order valence-electron chi connectivity index (χ1n) is 3.13. The molecule has 1 aromatic rings. The second kappa shape index (κ2) is 3.45. The number of benzene rings is 1. The van der Waals surface area contributed by atoms with Crippen molar-refractivity contribution in [3.05, 3.63) is 28.8 Å². The molecular weight excluding hydrogens is 207 g/mol. The van der Waals surface area contributed by atoms with E-state index in [1.54, 1.807) is 0 Å². The van der Waals surface area contributed by atoms with Crippen molar-refractivity contribution in [2.45, 2.75) is 6.67 Å². The summed E-state index contributed by atoms with van der Waals surface area (Å²) in [6, 6.07) is 0. The highest BCUT2D eigenvalue weighted by molar-refractivity contribution is 6.33. The Balaban J connectivity index is 3.56. The van der Waals surface area contributed by atoms with E-state index in [-0.39, 0.29) is 0 Å². The Bertz CT molecular complexity index is 320. The summed E-state index contributed by atoms with van der Waals surface area (Å²) < 4.78 is 62.2. The summed E-state index contributed by atoms with van der Waals surface area (Å²) in [5, 5.41) is -0.737. The molecule has 0 N–H and O–H groups in total. The van der Waals surface area contributed by atoms with E-state index in [0.29, 0.717) is 0 Å². The van der Waals surface area contributed by atoms with Gasteiger partial charge in [-0.3, -0.25) is 0 Å². The Morgan fingerprint density at radius 3 is 1.77 bits per heavy atom. The molecule has 0 bridgehead atoms. The molecule has 1 aromatic carbocycles. The Hall–Kier alpha value is -0.913. The van der Waals surface area contributed by atoms with Crippen molar-refractivity contribution in [1.82, 2.24) is 0 Å². The number of rotatable bonds is 1. The second-order valence-corrected chi connectivity index (χ2v) is 2.74. The van der Waals surface area contributed by atoms with Crippen LogP contribution in [0.2, 0.25) is 0 Å². The van der Waals surface area contributed by atoms with E-state index >= 15 is 0 Å². The van der Waals surface area contributed by atoms with Gasteiger partial charge in [0.25, 0.3) is 0 Å². The summed E-state index contributed by atoms with van der Waals surface area (Å²) in [6.07, 6.45) is 0. The average molecular weight is 209 g/mol. The zero-order valence-corrected chi connectivity index (χ0v) is 7.10. The number of hydrogen-bond acceptors (Lipinski definition) is 0. The largest absolute Gasteiger partial charge is 0.246 e. The van der Waals surface area contributed by atoms with Gasteiger partial charge in [-0.15, -0.1) is 0 Å². The van der Waals surface area contributed by atoms with Gasteiger partial charge in [0.2, 0.25) is 0 Å². The molecule has 0 saturated carbocycles. The first-order valence-corrected chi connectivity index (χ1v) is 3.63. The van der Waals surface area contributed by atoms with Crippen molar-refractivity contribution < 1.29 is 22.0 Å². The number of halogens is 5. The van der Waals surface area contributed by atoms with Crippen LogP contribution in [0.4, 0.5) is 22.0 Å². The summed E-state index contributed by atoms with van der Waals surface area (Å²) in [7, 11) is 2.47. The summed E-state index contributed by atoms with van der Waals surface area (Å²) in [6.45, 7) is -1.42. The lowest BCUT2D eigenvalue weighted by Crippen LogP contribution is -2.21. The van der Waals surface area contributed by atoms with Gasteiger partial charge in [-0.05, 0) is 5.19 Å². The van der Waals surface area contributed by atoms with Crippen LogP contribution in [0, 0.1) is 23.3 Å². The Morgan fingerprint density at radius 1 is 0.846 bits per heavy atom. The molecule has 0 aliphatic carbocycles. The monoisotopic (exact) mass is 209 g/mol. The smallest absolute Gasteiger partial charge is 0.197 e. The van der Waals surface area contributed by atoms with Gasteiger partial charge in [0, 0.05) is 5.56 Å². The van der Waals surface area contributed by atoms with Crippen molar-refractivity contribution in [3.63, 3.8) is 0 Å². The van der Waals surface area contributed by atoms with Crippen molar-refractivity contribution in [2.24, 2.45) is 0 Å². The molecule has 69 valence electrons. The van der Waals surface area contributed by atoms with Gasteiger partial charge in [-0.2, -0.15) is 0 Å². The van der Waals surface area contributed by atoms with Crippen LogP contribution in [-0.2, 0) is 6.67 Å². The van der Waals surface area contributed by atoms with Crippen molar-refractivity contribution in [3.8, 4) is 0 Å². The van der Waals surface area contributed by atoms with Crippen LogP contribution in [0.25, 0.3) is 0 Å². The molecule has 0 atom stereocenters.